The third-order valence-electron chi connectivity index (χ3n) is 10.5. The van der Waals surface area contributed by atoms with Gasteiger partial charge in [-0.15, -0.1) is 11.3 Å². The Labute approximate surface area is 319 Å². The van der Waals surface area contributed by atoms with Crippen molar-refractivity contribution in [3.63, 3.8) is 0 Å². The van der Waals surface area contributed by atoms with Crippen LogP contribution in [0.15, 0.2) is 212 Å². The van der Waals surface area contributed by atoms with Gasteiger partial charge in [0.2, 0.25) is 0 Å². The summed E-state index contributed by atoms with van der Waals surface area (Å²) in [5, 5.41) is 5.07. The largest absolute Gasteiger partial charge is 0.309 e. The van der Waals surface area contributed by atoms with Crippen molar-refractivity contribution in [2.24, 2.45) is 0 Å². The molecular weight excluding hydrogens is 671 g/mol. The van der Waals surface area contributed by atoms with Crippen molar-refractivity contribution >= 4 is 59.3 Å². The first-order valence-electron chi connectivity index (χ1n) is 18.4. The van der Waals surface area contributed by atoms with Crippen LogP contribution in [0.5, 0.6) is 0 Å². The minimum atomic E-state index is 1.12. The predicted molar refractivity (Wildman–Crippen MR) is 233 cm³/mol. The van der Waals surface area contributed by atoms with Crippen molar-refractivity contribution < 1.29 is 0 Å². The summed E-state index contributed by atoms with van der Waals surface area (Å²) in [6, 6.07) is 77.1. The van der Waals surface area contributed by atoms with Gasteiger partial charge >= 0.3 is 0 Å². The van der Waals surface area contributed by atoms with Crippen LogP contribution in [0.1, 0.15) is 0 Å². The Kier molecular flexibility index (Phi) is 8.09. The van der Waals surface area contributed by atoms with Gasteiger partial charge in [-0.3, -0.25) is 0 Å². The summed E-state index contributed by atoms with van der Waals surface area (Å²) < 4.78 is 2.58. The molecule has 0 spiro atoms. The molecule has 10 rings (SSSR count). The molecule has 9 aromatic carbocycles. The summed E-state index contributed by atoms with van der Waals surface area (Å²) in [6.07, 6.45) is 0. The minimum Gasteiger partial charge on any atom is -0.309 e. The molecule has 0 radical (unpaired) electrons. The summed E-state index contributed by atoms with van der Waals surface area (Å²) in [7, 11) is 0. The lowest BCUT2D eigenvalue weighted by atomic mass is 9.94. The average molecular weight is 706 g/mol. The second kappa shape index (κ2) is 13.7. The molecule has 254 valence electrons. The summed E-state index contributed by atoms with van der Waals surface area (Å²) in [5.74, 6) is 0. The summed E-state index contributed by atoms with van der Waals surface area (Å²) >= 11 is 1.86. The van der Waals surface area contributed by atoms with Gasteiger partial charge in [0.1, 0.15) is 0 Å². The van der Waals surface area contributed by atoms with Gasteiger partial charge in [0.25, 0.3) is 0 Å². The molecule has 0 saturated carbocycles. The molecule has 1 heterocycles. The summed E-state index contributed by atoms with van der Waals surface area (Å²) in [6.45, 7) is 0. The number of hydrogen-bond donors (Lipinski definition) is 0. The van der Waals surface area contributed by atoms with E-state index in [1.54, 1.807) is 0 Å². The molecule has 0 amide bonds. The third-order valence-corrected chi connectivity index (χ3v) is 11.7. The van der Waals surface area contributed by atoms with Crippen molar-refractivity contribution in [2.45, 2.75) is 0 Å². The van der Waals surface area contributed by atoms with Crippen molar-refractivity contribution in [3.05, 3.63) is 212 Å². The number of rotatable bonds is 7. The lowest BCUT2D eigenvalue weighted by Crippen LogP contribution is -2.10. The Morgan fingerprint density at radius 1 is 0.315 bits per heavy atom. The molecule has 0 unspecified atom stereocenters. The fraction of sp³-hybridized carbons (Fsp3) is 0. The molecule has 0 aliphatic heterocycles. The van der Waals surface area contributed by atoms with E-state index in [9.17, 15) is 0 Å². The van der Waals surface area contributed by atoms with Gasteiger partial charge in [0, 0.05) is 26.8 Å². The van der Waals surface area contributed by atoms with Gasteiger partial charge in [-0.25, -0.2) is 0 Å². The molecule has 0 aliphatic carbocycles. The number of hydrogen-bond acceptors (Lipinski definition) is 2. The van der Waals surface area contributed by atoms with E-state index >= 15 is 0 Å². The normalized spacial score (nSPS) is 11.3. The van der Waals surface area contributed by atoms with Gasteiger partial charge in [-0.2, -0.15) is 0 Å². The first-order valence-corrected chi connectivity index (χ1v) is 19.2. The molecular formula is C52H35NS. The molecule has 1 nitrogen and oxygen atoms in total. The second-order valence-electron chi connectivity index (χ2n) is 13.7. The molecule has 0 aliphatic rings. The third kappa shape index (κ3) is 5.84. The highest BCUT2D eigenvalue weighted by Gasteiger charge is 2.19. The van der Waals surface area contributed by atoms with E-state index in [0.29, 0.717) is 0 Å². The van der Waals surface area contributed by atoms with Crippen molar-refractivity contribution in [3.8, 4) is 44.5 Å². The van der Waals surface area contributed by atoms with Crippen LogP contribution in [0.2, 0.25) is 0 Å². The highest BCUT2D eigenvalue weighted by Crippen LogP contribution is 2.45. The fourth-order valence-electron chi connectivity index (χ4n) is 7.77. The Morgan fingerprint density at radius 2 is 0.796 bits per heavy atom. The van der Waals surface area contributed by atoms with E-state index in [-0.39, 0.29) is 0 Å². The van der Waals surface area contributed by atoms with Gasteiger partial charge in [-0.1, -0.05) is 164 Å². The number of nitrogens with zero attached hydrogens (tertiary/aromatic N) is 1. The molecule has 10 aromatic rings. The van der Waals surface area contributed by atoms with E-state index in [1.165, 1.54) is 81.1 Å². The number of fused-ring (bicyclic) bond motifs is 4. The Morgan fingerprint density at radius 3 is 1.44 bits per heavy atom. The molecule has 2 heteroatoms. The smallest absolute Gasteiger partial charge is 0.0640 e. The van der Waals surface area contributed by atoms with Gasteiger partial charge in [-0.05, 0) is 104 Å². The molecule has 0 atom stereocenters. The zero-order valence-electron chi connectivity index (χ0n) is 29.6. The summed E-state index contributed by atoms with van der Waals surface area (Å²) in [4.78, 5) is 2.42. The number of anilines is 3. The van der Waals surface area contributed by atoms with Crippen LogP contribution < -0.4 is 4.90 Å². The standard InChI is InChI=1S/C52H35NS/c1-3-12-36(13-4-1)41-24-22-38-23-25-42(35-43(38)34-41)37-26-30-44(31-27-37)53(50-20-11-19-49-48-18-9-10-21-51(48)54-52(49)50)45-32-28-40(29-33-45)47-17-8-7-16-46(47)39-14-5-2-6-15-39/h1-35H. The Hall–Kier alpha value is -6.74. The highest BCUT2D eigenvalue weighted by atomic mass is 32.1. The van der Waals surface area contributed by atoms with Crippen LogP contribution in [0.3, 0.4) is 0 Å². The van der Waals surface area contributed by atoms with Crippen LogP contribution in [0.25, 0.3) is 75.5 Å². The SMILES string of the molecule is c1ccc(-c2ccc3ccc(-c4ccc(N(c5ccc(-c6ccccc6-c6ccccc6)cc5)c5cccc6c5sc5ccccc56)cc4)cc3c2)cc1. The van der Waals surface area contributed by atoms with E-state index in [4.69, 9.17) is 0 Å². The molecule has 0 N–H and O–H groups in total. The lowest BCUT2D eigenvalue weighted by Gasteiger charge is -2.26. The molecule has 0 bridgehead atoms. The topological polar surface area (TPSA) is 3.24 Å². The monoisotopic (exact) mass is 705 g/mol. The average Bonchev–Trinajstić information content (AvgIpc) is 3.64. The maximum absolute atomic E-state index is 2.42. The lowest BCUT2D eigenvalue weighted by molar-refractivity contribution is 1.30. The van der Waals surface area contributed by atoms with Gasteiger partial charge < -0.3 is 4.90 Å². The van der Waals surface area contributed by atoms with Gasteiger partial charge in [0.05, 0.1) is 10.4 Å². The summed E-state index contributed by atoms with van der Waals surface area (Å²) in [5.41, 5.74) is 13.2. The van der Waals surface area contributed by atoms with Crippen LogP contribution in [-0.2, 0) is 0 Å². The van der Waals surface area contributed by atoms with Crippen LogP contribution >= 0.6 is 11.3 Å². The second-order valence-corrected chi connectivity index (χ2v) is 14.8. The Bertz CT molecular complexity index is 2910. The number of thiophene rings is 1. The first-order chi connectivity index (χ1) is 26.8. The van der Waals surface area contributed by atoms with E-state index in [2.05, 4.69) is 217 Å². The van der Waals surface area contributed by atoms with Gasteiger partial charge in [0.15, 0.2) is 0 Å². The van der Waals surface area contributed by atoms with Crippen LogP contribution in [-0.4, -0.2) is 0 Å². The van der Waals surface area contributed by atoms with Crippen molar-refractivity contribution in [1.82, 2.24) is 0 Å². The quantitative estimate of drug-likeness (QED) is 0.160. The Balaban J connectivity index is 1.06. The first kappa shape index (κ1) is 32.0. The fourth-order valence-corrected chi connectivity index (χ4v) is 8.98. The zero-order chi connectivity index (χ0) is 35.8. The molecule has 0 fully saturated rings. The van der Waals surface area contributed by atoms with E-state index in [0.717, 1.165) is 11.4 Å². The molecule has 1 aromatic heterocycles. The van der Waals surface area contributed by atoms with Crippen LogP contribution in [0.4, 0.5) is 17.1 Å². The van der Waals surface area contributed by atoms with Crippen molar-refractivity contribution in [2.75, 3.05) is 4.90 Å². The maximum Gasteiger partial charge on any atom is 0.0640 e. The minimum absolute atomic E-state index is 1.12. The molecule has 0 saturated heterocycles. The van der Waals surface area contributed by atoms with Crippen LogP contribution in [0, 0.1) is 0 Å². The number of benzene rings is 9. The zero-order valence-corrected chi connectivity index (χ0v) is 30.4. The highest BCUT2D eigenvalue weighted by molar-refractivity contribution is 7.26. The van der Waals surface area contributed by atoms with Crippen molar-refractivity contribution in [1.29, 1.82) is 0 Å². The van der Waals surface area contributed by atoms with E-state index < -0.39 is 0 Å². The maximum atomic E-state index is 2.42. The predicted octanol–water partition coefficient (Wildman–Crippen LogP) is 15.3. The van der Waals surface area contributed by atoms with E-state index in [1.807, 2.05) is 11.3 Å². The molecule has 54 heavy (non-hydrogen) atoms.